The summed E-state index contributed by atoms with van der Waals surface area (Å²) in [6.45, 7) is 12.6. The van der Waals surface area contributed by atoms with Crippen molar-refractivity contribution in [2.45, 2.75) is 108 Å². The molecule has 0 spiro atoms. The fourth-order valence-electron chi connectivity index (χ4n) is 7.98. The smallest absolute Gasteiger partial charge is 0.339 e. The summed E-state index contributed by atoms with van der Waals surface area (Å²) in [6.07, 6.45) is 2.83. The van der Waals surface area contributed by atoms with Gasteiger partial charge in [0.05, 0.1) is 23.8 Å². The average molecular weight is 982 g/mol. The van der Waals surface area contributed by atoms with E-state index < -0.39 is 26.0 Å². The summed E-state index contributed by atoms with van der Waals surface area (Å²) in [6, 6.07) is 18.0. The number of aromatic hydroxyl groups is 1. The highest BCUT2D eigenvalue weighted by Crippen LogP contribution is 2.41. The van der Waals surface area contributed by atoms with Gasteiger partial charge in [-0.05, 0) is 97.5 Å². The number of aromatic nitrogens is 1. The summed E-state index contributed by atoms with van der Waals surface area (Å²) in [5.74, 6) is 0.0924. The van der Waals surface area contributed by atoms with Crippen molar-refractivity contribution in [2.24, 2.45) is 0 Å². The minimum Gasteiger partial charge on any atom is -0.506 e. The SMILES string of the molecule is COc1cc(OCC(=O)N(C)CCN(C)[C@H]2CC[C@H](OC(=O)C(O)(Cc3cccs3)Cc3cccs3)CC2)c(Cl)cc1CNC[C@H](O[Si](C)(C)C(C)(C)C)c1ccc(O)c2[nH]c(=O)ccc12. The van der Waals surface area contributed by atoms with Crippen LogP contribution in [0.25, 0.3) is 10.9 Å². The second-order valence-electron chi connectivity index (χ2n) is 18.8. The number of carbonyl (C=O) groups is 2. The van der Waals surface area contributed by atoms with Gasteiger partial charge in [-0.3, -0.25) is 9.59 Å². The molecule has 6 rings (SSSR count). The first-order chi connectivity index (χ1) is 31.3. The standard InChI is InChI=1S/C49H65ClN4O9S2Si/c1-48(2,3)66(7,8)63-43(37-17-19-40(55)46-38(37)18-20-44(56)52-46)30-51-29-32-25-39(50)42(26-41(32)60-6)61-31-45(57)54(5)22-21-53(4)33-13-15-34(16-14-33)62-47(58)49(59,27-35-11-9-23-64-35)28-36-12-10-24-65-36/h9-12,17-20,23-26,33-34,43,51,55,59H,13-16,21-22,27-31H2,1-8H3,(H,52,56)/t33-,34-,43-/m0/s1. The largest absolute Gasteiger partial charge is 0.506 e. The molecule has 2 aromatic carbocycles. The van der Waals surface area contributed by atoms with E-state index in [0.29, 0.717) is 66.4 Å². The number of halogens is 1. The second kappa shape index (κ2) is 22.2. The van der Waals surface area contributed by atoms with E-state index in [-0.39, 0.29) is 53.8 Å². The maximum absolute atomic E-state index is 13.5. The number of phenolic OH excluding ortho intramolecular Hbond substituents is 1. The number of phenols is 1. The van der Waals surface area contributed by atoms with Crippen LogP contribution in [0.5, 0.6) is 17.2 Å². The minimum atomic E-state index is -2.29. The lowest BCUT2D eigenvalue weighted by atomic mass is 9.90. The molecule has 5 aromatic rings. The third-order valence-corrected chi connectivity index (χ3v) is 19.6. The van der Waals surface area contributed by atoms with Crippen LogP contribution in [0, 0.1) is 0 Å². The van der Waals surface area contributed by atoms with E-state index in [1.807, 2.05) is 41.1 Å². The molecule has 0 unspecified atom stereocenters. The van der Waals surface area contributed by atoms with Crippen LogP contribution < -0.4 is 20.3 Å². The maximum Gasteiger partial charge on any atom is 0.339 e. The van der Waals surface area contributed by atoms with Crippen molar-refractivity contribution in [2.75, 3.05) is 47.4 Å². The molecular formula is C49H65ClN4O9S2Si. The predicted octanol–water partition coefficient (Wildman–Crippen LogP) is 8.71. The van der Waals surface area contributed by atoms with Crippen LogP contribution >= 0.6 is 34.3 Å². The minimum absolute atomic E-state index is 0.0111. The lowest BCUT2D eigenvalue weighted by molar-refractivity contribution is -0.173. The van der Waals surface area contributed by atoms with Crippen molar-refractivity contribution in [1.82, 2.24) is 20.1 Å². The summed E-state index contributed by atoms with van der Waals surface area (Å²) in [7, 11) is 3.08. The van der Waals surface area contributed by atoms with Crippen molar-refractivity contribution in [3.05, 3.63) is 108 Å². The molecule has 0 radical (unpaired) electrons. The first-order valence-corrected chi connectivity index (χ1v) is 27.5. The number of rotatable bonds is 21. The van der Waals surface area contributed by atoms with Crippen LogP contribution in [0.3, 0.4) is 0 Å². The molecule has 0 saturated heterocycles. The van der Waals surface area contributed by atoms with E-state index in [2.05, 4.69) is 56.1 Å². The molecule has 4 N–H and O–H groups in total. The molecule has 1 aliphatic carbocycles. The van der Waals surface area contributed by atoms with Crippen molar-refractivity contribution >= 4 is 65.4 Å². The van der Waals surface area contributed by atoms with Crippen LogP contribution in [0.15, 0.2) is 76.2 Å². The number of nitrogens with zero attached hydrogens (tertiary/aromatic N) is 2. The number of thiophene rings is 2. The number of likely N-dealkylation sites (N-methyl/N-ethyl adjacent to an activating group) is 2. The lowest BCUT2D eigenvalue weighted by Crippen LogP contribution is -2.47. The topological polar surface area (TPSA) is 163 Å². The van der Waals surface area contributed by atoms with E-state index in [0.717, 1.165) is 33.7 Å². The fourth-order valence-corrected chi connectivity index (χ4v) is 11.1. The molecule has 1 fully saturated rings. The van der Waals surface area contributed by atoms with Gasteiger partial charge >= 0.3 is 5.97 Å². The average Bonchev–Trinajstić information content (AvgIpc) is 3.99. The monoisotopic (exact) mass is 980 g/mol. The van der Waals surface area contributed by atoms with Crippen LogP contribution in [-0.2, 0) is 38.1 Å². The third-order valence-electron chi connectivity index (χ3n) is 13.1. The first-order valence-electron chi connectivity index (χ1n) is 22.4. The molecule has 3 aromatic heterocycles. The number of aromatic amines is 1. The molecule has 0 bridgehead atoms. The highest BCUT2D eigenvalue weighted by atomic mass is 35.5. The Kier molecular flexibility index (Phi) is 17.2. The molecule has 1 aliphatic rings. The van der Waals surface area contributed by atoms with Gasteiger partial charge in [-0.15, -0.1) is 22.7 Å². The van der Waals surface area contributed by atoms with Gasteiger partial charge in [-0.2, -0.15) is 0 Å². The molecule has 1 amide bonds. The molecule has 1 atom stereocenters. The molecule has 0 aliphatic heterocycles. The number of benzene rings is 2. The number of hydrogen-bond donors (Lipinski definition) is 4. The summed E-state index contributed by atoms with van der Waals surface area (Å²) in [5.41, 5.74) is 0.0532. The number of esters is 1. The molecule has 3 heterocycles. The summed E-state index contributed by atoms with van der Waals surface area (Å²) in [4.78, 5) is 47.4. The molecule has 358 valence electrons. The van der Waals surface area contributed by atoms with Gasteiger partial charge < -0.3 is 49.0 Å². The Morgan fingerprint density at radius 3 is 2.23 bits per heavy atom. The zero-order valence-corrected chi connectivity index (χ0v) is 42.7. The zero-order valence-electron chi connectivity index (χ0n) is 39.3. The number of amides is 1. The molecule has 1 saturated carbocycles. The van der Waals surface area contributed by atoms with Crippen LogP contribution in [0.1, 0.15) is 73.4 Å². The highest BCUT2D eigenvalue weighted by Gasteiger charge is 2.42. The van der Waals surface area contributed by atoms with Crippen molar-refractivity contribution < 1.29 is 38.4 Å². The maximum atomic E-state index is 13.5. The number of aliphatic hydroxyl groups is 1. The number of ether oxygens (including phenoxy) is 3. The Morgan fingerprint density at radius 2 is 1.62 bits per heavy atom. The van der Waals surface area contributed by atoms with Crippen LogP contribution in [0.2, 0.25) is 23.2 Å². The van der Waals surface area contributed by atoms with Gasteiger partial charge in [0.1, 0.15) is 23.4 Å². The van der Waals surface area contributed by atoms with E-state index in [1.54, 1.807) is 43.3 Å². The molecule has 13 nitrogen and oxygen atoms in total. The Balaban J connectivity index is 0.982. The van der Waals surface area contributed by atoms with E-state index in [9.17, 15) is 24.6 Å². The Morgan fingerprint density at radius 1 is 0.955 bits per heavy atom. The Bertz CT molecular complexity index is 2410. The van der Waals surface area contributed by atoms with E-state index in [1.165, 1.54) is 28.7 Å². The predicted molar refractivity (Wildman–Crippen MR) is 266 cm³/mol. The summed E-state index contributed by atoms with van der Waals surface area (Å²) >= 11 is 9.78. The summed E-state index contributed by atoms with van der Waals surface area (Å²) < 4.78 is 24.6. The first kappa shape index (κ1) is 51.1. The summed E-state index contributed by atoms with van der Waals surface area (Å²) in [5, 5.41) is 30.6. The number of hydrogen-bond acceptors (Lipinski definition) is 13. The Labute approximate surface area is 402 Å². The lowest BCUT2D eigenvalue weighted by Gasteiger charge is -2.39. The number of carbonyl (C=O) groups excluding carboxylic acids is 2. The quantitative estimate of drug-likeness (QED) is 0.0411. The van der Waals surface area contributed by atoms with Crippen molar-refractivity contribution in [3.8, 4) is 17.2 Å². The van der Waals surface area contributed by atoms with Gasteiger partial charge in [-0.1, -0.05) is 50.6 Å². The second-order valence-corrected chi connectivity index (χ2v) is 26.1. The zero-order chi connectivity index (χ0) is 47.8. The van der Waals surface area contributed by atoms with Gasteiger partial charge in [0.25, 0.3) is 5.91 Å². The van der Waals surface area contributed by atoms with Gasteiger partial charge in [-0.25, -0.2) is 4.79 Å². The fraction of sp³-hybridized carbons (Fsp3) is 0.490. The number of pyridine rings is 1. The number of methoxy groups -OCH3 is 1. The number of nitrogens with one attached hydrogen (secondary N) is 2. The van der Waals surface area contributed by atoms with Crippen molar-refractivity contribution in [1.29, 1.82) is 0 Å². The molecular weight excluding hydrogens is 916 g/mol. The van der Waals surface area contributed by atoms with Crippen LogP contribution in [-0.4, -0.2) is 110 Å². The van der Waals surface area contributed by atoms with Crippen molar-refractivity contribution in [3.63, 3.8) is 0 Å². The van der Waals surface area contributed by atoms with E-state index in [4.69, 9.17) is 30.2 Å². The van der Waals surface area contributed by atoms with E-state index >= 15 is 0 Å². The van der Waals surface area contributed by atoms with Gasteiger partial charge in [0, 0.05) is 84.9 Å². The van der Waals surface area contributed by atoms with Crippen LogP contribution in [0.4, 0.5) is 0 Å². The van der Waals surface area contributed by atoms with Gasteiger partial charge in [0.15, 0.2) is 20.5 Å². The highest BCUT2D eigenvalue weighted by molar-refractivity contribution is 7.10. The molecule has 17 heteroatoms. The normalized spacial score (nSPS) is 16.3. The van der Waals surface area contributed by atoms with Gasteiger partial charge in [0.2, 0.25) is 5.56 Å². The number of fused-ring (bicyclic) bond motifs is 1. The Hall–Kier alpha value is -4.26. The third kappa shape index (κ3) is 13.0. The number of H-pyrrole nitrogens is 1. The molecule has 66 heavy (non-hydrogen) atoms.